The molecule has 1 heterocycles. The van der Waals surface area contributed by atoms with Gasteiger partial charge in [0.05, 0.1) is 0 Å². The van der Waals surface area contributed by atoms with E-state index in [1.54, 1.807) is 26.2 Å². The molecule has 0 spiro atoms. The van der Waals surface area contributed by atoms with Gasteiger partial charge >= 0.3 is 0 Å². The van der Waals surface area contributed by atoms with E-state index < -0.39 is 11.7 Å². The van der Waals surface area contributed by atoms with Crippen LogP contribution in [0.1, 0.15) is 19.4 Å². The molecule has 0 fully saturated rings. The standard InChI is InChI=1S/C9H12BrNO2/c1-9(2,8(12)13)6-3-7(10)5-11-4-6/h3-5,8,12-13H,1-2H3. The quantitative estimate of drug-likeness (QED) is 0.776. The topological polar surface area (TPSA) is 53.4 Å². The first-order valence-electron chi connectivity index (χ1n) is 3.92. The van der Waals surface area contributed by atoms with Crippen molar-refractivity contribution >= 4 is 15.9 Å². The van der Waals surface area contributed by atoms with Gasteiger partial charge in [0.25, 0.3) is 0 Å². The van der Waals surface area contributed by atoms with Gasteiger partial charge in [0, 0.05) is 22.3 Å². The molecule has 13 heavy (non-hydrogen) atoms. The summed E-state index contributed by atoms with van der Waals surface area (Å²) in [4.78, 5) is 3.96. The number of pyridine rings is 1. The summed E-state index contributed by atoms with van der Waals surface area (Å²) in [6.07, 6.45) is 1.90. The maximum Gasteiger partial charge on any atom is 0.160 e. The van der Waals surface area contributed by atoms with Crippen LogP contribution in [-0.4, -0.2) is 21.5 Å². The zero-order chi connectivity index (χ0) is 10.1. The molecular weight excluding hydrogens is 234 g/mol. The Kier molecular flexibility index (Phi) is 3.05. The van der Waals surface area contributed by atoms with Crippen LogP contribution in [0.4, 0.5) is 0 Å². The fraction of sp³-hybridized carbons (Fsp3) is 0.444. The minimum absolute atomic E-state index is 0.698. The van der Waals surface area contributed by atoms with Crippen LogP contribution < -0.4 is 0 Å². The fourth-order valence-electron chi connectivity index (χ4n) is 0.913. The zero-order valence-electron chi connectivity index (χ0n) is 7.53. The third-order valence-electron chi connectivity index (χ3n) is 2.09. The SMILES string of the molecule is CC(C)(c1cncc(Br)c1)C(O)O. The first-order chi connectivity index (χ1) is 5.94. The minimum atomic E-state index is -1.39. The molecule has 0 radical (unpaired) electrons. The number of hydrogen-bond acceptors (Lipinski definition) is 3. The largest absolute Gasteiger partial charge is 0.367 e. The monoisotopic (exact) mass is 245 g/mol. The molecule has 0 aromatic carbocycles. The normalized spacial score (nSPS) is 12.2. The van der Waals surface area contributed by atoms with E-state index in [1.807, 2.05) is 6.07 Å². The van der Waals surface area contributed by atoms with Crippen LogP contribution in [-0.2, 0) is 5.41 Å². The summed E-state index contributed by atoms with van der Waals surface area (Å²) in [5.74, 6) is 0. The van der Waals surface area contributed by atoms with Gasteiger partial charge in [-0.2, -0.15) is 0 Å². The summed E-state index contributed by atoms with van der Waals surface area (Å²) in [6.45, 7) is 3.50. The molecule has 0 aliphatic rings. The molecule has 0 aliphatic carbocycles. The van der Waals surface area contributed by atoms with Gasteiger partial charge in [0.1, 0.15) is 0 Å². The van der Waals surface area contributed by atoms with E-state index in [0.29, 0.717) is 0 Å². The van der Waals surface area contributed by atoms with E-state index in [4.69, 9.17) is 10.2 Å². The molecule has 3 nitrogen and oxygen atoms in total. The molecule has 1 aromatic rings. The average Bonchev–Trinajstić information content (AvgIpc) is 2.04. The van der Waals surface area contributed by atoms with Crippen LogP contribution in [0, 0.1) is 0 Å². The second-order valence-electron chi connectivity index (χ2n) is 3.49. The van der Waals surface area contributed by atoms with Gasteiger partial charge in [-0.25, -0.2) is 0 Å². The molecule has 0 unspecified atom stereocenters. The Bertz CT molecular complexity index is 299. The van der Waals surface area contributed by atoms with Crippen molar-refractivity contribution in [3.05, 3.63) is 28.5 Å². The van der Waals surface area contributed by atoms with Crippen molar-refractivity contribution in [1.82, 2.24) is 4.98 Å². The highest BCUT2D eigenvalue weighted by Crippen LogP contribution is 2.27. The first-order valence-corrected chi connectivity index (χ1v) is 4.71. The second kappa shape index (κ2) is 3.74. The molecule has 1 rings (SSSR count). The molecular formula is C9H12BrNO2. The summed E-state index contributed by atoms with van der Waals surface area (Å²) in [5, 5.41) is 18.3. The summed E-state index contributed by atoms with van der Waals surface area (Å²) in [7, 11) is 0. The maximum atomic E-state index is 9.14. The molecule has 0 saturated heterocycles. The summed E-state index contributed by atoms with van der Waals surface area (Å²) in [6, 6.07) is 1.83. The van der Waals surface area contributed by atoms with E-state index in [-0.39, 0.29) is 0 Å². The van der Waals surface area contributed by atoms with E-state index in [1.165, 1.54) is 0 Å². The predicted molar refractivity (Wildman–Crippen MR) is 53.2 cm³/mol. The molecule has 1 aromatic heterocycles. The average molecular weight is 246 g/mol. The number of aromatic nitrogens is 1. The van der Waals surface area contributed by atoms with Crippen molar-refractivity contribution in [2.45, 2.75) is 25.6 Å². The van der Waals surface area contributed by atoms with Gasteiger partial charge in [-0.3, -0.25) is 4.98 Å². The zero-order valence-corrected chi connectivity index (χ0v) is 9.12. The fourth-order valence-corrected chi connectivity index (χ4v) is 1.28. The lowest BCUT2D eigenvalue weighted by Crippen LogP contribution is -2.33. The van der Waals surface area contributed by atoms with Gasteiger partial charge < -0.3 is 10.2 Å². The van der Waals surface area contributed by atoms with Gasteiger partial charge in [0.15, 0.2) is 6.29 Å². The van der Waals surface area contributed by atoms with Crippen LogP contribution in [0.15, 0.2) is 22.9 Å². The summed E-state index contributed by atoms with van der Waals surface area (Å²) < 4.78 is 0.832. The van der Waals surface area contributed by atoms with Crippen LogP contribution in [0.25, 0.3) is 0 Å². The van der Waals surface area contributed by atoms with E-state index in [2.05, 4.69) is 20.9 Å². The lowest BCUT2D eigenvalue weighted by atomic mass is 9.85. The van der Waals surface area contributed by atoms with E-state index in [0.717, 1.165) is 10.0 Å². The molecule has 0 bridgehead atoms. The molecule has 0 aliphatic heterocycles. The number of aliphatic hydroxyl groups is 2. The van der Waals surface area contributed by atoms with E-state index >= 15 is 0 Å². The van der Waals surface area contributed by atoms with Gasteiger partial charge in [-0.1, -0.05) is 13.8 Å². The highest BCUT2D eigenvalue weighted by Gasteiger charge is 2.28. The van der Waals surface area contributed by atoms with Gasteiger partial charge in [-0.05, 0) is 27.6 Å². The highest BCUT2D eigenvalue weighted by atomic mass is 79.9. The third-order valence-corrected chi connectivity index (χ3v) is 2.53. The predicted octanol–water partition coefficient (Wildman–Crippen LogP) is 1.43. The lowest BCUT2D eigenvalue weighted by Gasteiger charge is -2.26. The van der Waals surface area contributed by atoms with Crippen molar-refractivity contribution < 1.29 is 10.2 Å². The van der Waals surface area contributed by atoms with Crippen LogP contribution >= 0.6 is 15.9 Å². The Morgan fingerprint density at radius 2 is 2.00 bits per heavy atom. The lowest BCUT2D eigenvalue weighted by molar-refractivity contribution is -0.0891. The highest BCUT2D eigenvalue weighted by molar-refractivity contribution is 9.10. The van der Waals surface area contributed by atoms with Crippen LogP contribution in [0.5, 0.6) is 0 Å². The molecule has 0 atom stereocenters. The Balaban J connectivity index is 3.07. The smallest absolute Gasteiger partial charge is 0.160 e. The van der Waals surface area contributed by atoms with Crippen LogP contribution in [0.3, 0.4) is 0 Å². The minimum Gasteiger partial charge on any atom is -0.367 e. The first kappa shape index (κ1) is 10.6. The Morgan fingerprint density at radius 3 is 2.46 bits per heavy atom. The van der Waals surface area contributed by atoms with Crippen LogP contribution in [0.2, 0.25) is 0 Å². The molecule has 0 saturated carbocycles. The molecule has 2 N–H and O–H groups in total. The number of hydrogen-bond donors (Lipinski definition) is 2. The number of nitrogens with zero attached hydrogens (tertiary/aromatic N) is 1. The summed E-state index contributed by atoms with van der Waals surface area (Å²) in [5.41, 5.74) is 0.0911. The number of rotatable bonds is 2. The maximum absolute atomic E-state index is 9.14. The number of aliphatic hydroxyl groups excluding tert-OH is 1. The van der Waals surface area contributed by atoms with Crippen molar-refractivity contribution in [3.63, 3.8) is 0 Å². The molecule has 0 amide bonds. The van der Waals surface area contributed by atoms with Crippen molar-refractivity contribution in [1.29, 1.82) is 0 Å². The Hall–Kier alpha value is -0.450. The Labute approximate surface area is 85.6 Å². The van der Waals surface area contributed by atoms with E-state index in [9.17, 15) is 0 Å². The van der Waals surface area contributed by atoms with Gasteiger partial charge in [-0.15, -0.1) is 0 Å². The molecule has 72 valence electrons. The second-order valence-corrected chi connectivity index (χ2v) is 4.40. The van der Waals surface area contributed by atoms with Crippen molar-refractivity contribution in [3.8, 4) is 0 Å². The molecule has 4 heteroatoms. The van der Waals surface area contributed by atoms with Crippen molar-refractivity contribution in [2.75, 3.05) is 0 Å². The van der Waals surface area contributed by atoms with Crippen molar-refractivity contribution in [2.24, 2.45) is 0 Å². The number of halogens is 1. The summed E-state index contributed by atoms with van der Waals surface area (Å²) >= 11 is 3.28. The third kappa shape index (κ3) is 2.27. The Morgan fingerprint density at radius 1 is 1.38 bits per heavy atom. The van der Waals surface area contributed by atoms with Gasteiger partial charge in [0.2, 0.25) is 0 Å².